The van der Waals surface area contributed by atoms with E-state index in [-0.39, 0.29) is 6.03 Å². The zero-order valence-electron chi connectivity index (χ0n) is 19.7. The summed E-state index contributed by atoms with van der Waals surface area (Å²) in [4.78, 5) is 22.9. The summed E-state index contributed by atoms with van der Waals surface area (Å²) < 4.78 is 0. The van der Waals surface area contributed by atoms with Gasteiger partial charge in [-0.05, 0) is 44.4 Å². The summed E-state index contributed by atoms with van der Waals surface area (Å²) in [5.74, 6) is 0.961. The standard InChI is InChI=1S/C19H22N6O.C7H6N2/c1-25(2)11-10-21-19(26)22-14-7-5-6-13(12-14)18-23-16-9-4-3-8-15(16)17(20)24-18;1-2-4-7-6(3-1)5-8-9-7/h3-9,12H,10-11H2,1-2H3,(H2,20,23,24)(H2,21,22,26);1-5H,(H,8,9). The Hall–Kier alpha value is -4.50. The second-order valence-corrected chi connectivity index (χ2v) is 8.17. The maximum Gasteiger partial charge on any atom is 0.319 e. The molecule has 0 radical (unpaired) electrons. The molecular formula is C26H28N8O. The number of rotatable bonds is 5. The summed E-state index contributed by atoms with van der Waals surface area (Å²) in [7, 11) is 3.91. The van der Waals surface area contributed by atoms with Gasteiger partial charge in [0.25, 0.3) is 0 Å². The Bertz CT molecular complexity index is 1400. The number of nitrogens with two attached hydrogens (primary N) is 1. The monoisotopic (exact) mass is 468 g/mol. The molecule has 0 unspecified atom stereocenters. The largest absolute Gasteiger partial charge is 0.383 e. The molecule has 0 aliphatic heterocycles. The molecule has 9 nitrogen and oxygen atoms in total. The summed E-state index contributed by atoms with van der Waals surface area (Å²) in [6.45, 7) is 1.35. The van der Waals surface area contributed by atoms with E-state index in [2.05, 4.69) is 30.8 Å². The van der Waals surface area contributed by atoms with Crippen LogP contribution in [-0.2, 0) is 0 Å². The number of anilines is 2. The highest BCUT2D eigenvalue weighted by Gasteiger charge is 2.09. The van der Waals surface area contributed by atoms with Gasteiger partial charge < -0.3 is 21.3 Å². The molecule has 3 aromatic carbocycles. The Balaban J connectivity index is 0.000000266. The minimum absolute atomic E-state index is 0.247. The Labute approximate surface area is 203 Å². The van der Waals surface area contributed by atoms with Gasteiger partial charge in [0.2, 0.25) is 0 Å². The third kappa shape index (κ3) is 6.30. The molecule has 5 rings (SSSR count). The SMILES string of the molecule is CN(C)CCNC(=O)Nc1cccc(-c2nc(N)c3ccccc3n2)c1.c1ccc2[nH]ncc2c1. The number of likely N-dealkylation sites (N-methyl/N-ethyl adjacent to an activating group) is 1. The molecule has 0 bridgehead atoms. The molecule has 2 heterocycles. The third-order valence-electron chi connectivity index (χ3n) is 5.21. The van der Waals surface area contributed by atoms with E-state index < -0.39 is 0 Å². The van der Waals surface area contributed by atoms with E-state index >= 15 is 0 Å². The van der Waals surface area contributed by atoms with Crippen molar-refractivity contribution in [3.05, 3.63) is 79.0 Å². The van der Waals surface area contributed by atoms with Crippen molar-refractivity contribution in [2.75, 3.05) is 38.2 Å². The van der Waals surface area contributed by atoms with Crippen molar-refractivity contribution in [3.63, 3.8) is 0 Å². The van der Waals surface area contributed by atoms with Crippen molar-refractivity contribution in [2.45, 2.75) is 0 Å². The lowest BCUT2D eigenvalue weighted by Crippen LogP contribution is -2.34. The molecular weight excluding hydrogens is 440 g/mol. The summed E-state index contributed by atoms with van der Waals surface area (Å²) in [5.41, 5.74) is 9.39. The summed E-state index contributed by atoms with van der Waals surface area (Å²) in [6, 6.07) is 22.8. The van der Waals surface area contributed by atoms with E-state index in [1.807, 2.05) is 98.0 Å². The van der Waals surface area contributed by atoms with Gasteiger partial charge in [-0.25, -0.2) is 14.8 Å². The number of H-pyrrole nitrogens is 1. The van der Waals surface area contributed by atoms with Gasteiger partial charge >= 0.3 is 6.03 Å². The Morgan fingerprint density at radius 1 is 1.00 bits per heavy atom. The van der Waals surface area contributed by atoms with Crippen LogP contribution in [0.15, 0.2) is 79.0 Å². The molecule has 5 N–H and O–H groups in total. The highest BCUT2D eigenvalue weighted by Crippen LogP contribution is 2.24. The number of aromatic nitrogens is 4. The van der Waals surface area contributed by atoms with Gasteiger partial charge in [-0.1, -0.05) is 42.5 Å². The van der Waals surface area contributed by atoms with Crippen LogP contribution >= 0.6 is 0 Å². The van der Waals surface area contributed by atoms with E-state index in [0.29, 0.717) is 23.9 Å². The van der Waals surface area contributed by atoms with Crippen molar-refractivity contribution < 1.29 is 4.79 Å². The molecule has 35 heavy (non-hydrogen) atoms. The van der Waals surface area contributed by atoms with Crippen LogP contribution in [0.3, 0.4) is 0 Å². The van der Waals surface area contributed by atoms with Crippen LogP contribution in [0, 0.1) is 0 Å². The molecule has 0 saturated carbocycles. The number of para-hydroxylation sites is 2. The van der Waals surface area contributed by atoms with E-state index in [0.717, 1.165) is 33.9 Å². The maximum atomic E-state index is 12.0. The highest BCUT2D eigenvalue weighted by atomic mass is 16.2. The van der Waals surface area contributed by atoms with Gasteiger partial charge in [0.1, 0.15) is 5.82 Å². The molecule has 178 valence electrons. The minimum Gasteiger partial charge on any atom is -0.383 e. The van der Waals surface area contributed by atoms with Crippen molar-refractivity contribution in [1.82, 2.24) is 30.4 Å². The summed E-state index contributed by atoms with van der Waals surface area (Å²) in [5, 5.41) is 14.4. The van der Waals surface area contributed by atoms with Crippen LogP contribution in [0.25, 0.3) is 33.2 Å². The predicted molar refractivity (Wildman–Crippen MR) is 141 cm³/mol. The zero-order valence-corrected chi connectivity index (χ0v) is 19.7. The first-order chi connectivity index (χ1) is 17.0. The van der Waals surface area contributed by atoms with Crippen LogP contribution in [-0.4, -0.2) is 58.3 Å². The average Bonchev–Trinajstić information content (AvgIpc) is 3.33. The number of aromatic amines is 1. The Kier molecular flexibility index (Phi) is 7.49. The number of hydrogen-bond acceptors (Lipinski definition) is 6. The topological polar surface area (TPSA) is 125 Å². The molecule has 5 aromatic rings. The van der Waals surface area contributed by atoms with Crippen molar-refractivity contribution >= 4 is 39.3 Å². The van der Waals surface area contributed by atoms with Crippen molar-refractivity contribution in [1.29, 1.82) is 0 Å². The van der Waals surface area contributed by atoms with Crippen LogP contribution in [0.5, 0.6) is 0 Å². The second kappa shape index (κ2) is 11.1. The quantitative estimate of drug-likeness (QED) is 0.307. The van der Waals surface area contributed by atoms with Crippen LogP contribution in [0.2, 0.25) is 0 Å². The van der Waals surface area contributed by atoms with Gasteiger partial charge in [0.15, 0.2) is 5.82 Å². The van der Waals surface area contributed by atoms with Crippen LogP contribution in [0.1, 0.15) is 0 Å². The number of carbonyl (C=O) groups is 1. The summed E-state index contributed by atoms with van der Waals surface area (Å²) in [6.07, 6.45) is 1.81. The van der Waals surface area contributed by atoms with Gasteiger partial charge in [0, 0.05) is 35.1 Å². The average molecular weight is 469 g/mol. The van der Waals surface area contributed by atoms with Crippen molar-refractivity contribution in [3.8, 4) is 11.4 Å². The molecule has 0 fully saturated rings. The van der Waals surface area contributed by atoms with Crippen LogP contribution < -0.4 is 16.4 Å². The first kappa shape index (κ1) is 23.7. The zero-order chi connectivity index (χ0) is 24.6. The number of nitrogens with zero attached hydrogens (tertiary/aromatic N) is 4. The van der Waals surface area contributed by atoms with E-state index in [9.17, 15) is 4.79 Å². The Morgan fingerprint density at radius 2 is 1.80 bits per heavy atom. The molecule has 9 heteroatoms. The number of urea groups is 1. The predicted octanol–water partition coefficient (Wildman–Crippen LogP) is 4.13. The number of carbonyl (C=O) groups excluding carboxylic acids is 1. The molecule has 0 aliphatic carbocycles. The van der Waals surface area contributed by atoms with Gasteiger partial charge in [-0.3, -0.25) is 5.10 Å². The fourth-order valence-corrected chi connectivity index (χ4v) is 3.42. The first-order valence-electron chi connectivity index (χ1n) is 11.2. The number of hydrogen-bond donors (Lipinski definition) is 4. The molecule has 2 aromatic heterocycles. The number of nitrogen functional groups attached to an aromatic ring is 1. The number of nitrogens with one attached hydrogen (secondary N) is 3. The maximum absolute atomic E-state index is 12.0. The lowest BCUT2D eigenvalue weighted by Gasteiger charge is -2.12. The molecule has 2 amide bonds. The van der Waals surface area contributed by atoms with E-state index in [1.165, 1.54) is 0 Å². The smallest absolute Gasteiger partial charge is 0.319 e. The number of fused-ring (bicyclic) bond motifs is 2. The fraction of sp³-hybridized carbons (Fsp3) is 0.154. The first-order valence-corrected chi connectivity index (χ1v) is 11.2. The van der Waals surface area contributed by atoms with E-state index in [4.69, 9.17) is 5.73 Å². The molecule has 0 atom stereocenters. The van der Waals surface area contributed by atoms with Crippen molar-refractivity contribution in [2.24, 2.45) is 0 Å². The minimum atomic E-state index is -0.247. The third-order valence-corrected chi connectivity index (χ3v) is 5.21. The second-order valence-electron chi connectivity index (χ2n) is 8.17. The molecule has 0 aliphatic rings. The van der Waals surface area contributed by atoms with Crippen LogP contribution in [0.4, 0.5) is 16.3 Å². The van der Waals surface area contributed by atoms with Gasteiger partial charge in [-0.15, -0.1) is 0 Å². The molecule has 0 saturated heterocycles. The summed E-state index contributed by atoms with van der Waals surface area (Å²) >= 11 is 0. The van der Waals surface area contributed by atoms with Gasteiger partial charge in [-0.2, -0.15) is 5.10 Å². The number of amides is 2. The Morgan fingerprint density at radius 3 is 2.63 bits per heavy atom. The normalized spacial score (nSPS) is 10.7. The highest BCUT2D eigenvalue weighted by molar-refractivity contribution is 5.91. The molecule has 0 spiro atoms. The fourth-order valence-electron chi connectivity index (χ4n) is 3.42. The lowest BCUT2D eigenvalue weighted by atomic mass is 10.1. The van der Waals surface area contributed by atoms with E-state index in [1.54, 1.807) is 0 Å². The van der Waals surface area contributed by atoms with Gasteiger partial charge in [0.05, 0.1) is 17.2 Å². The number of benzene rings is 3. The lowest BCUT2D eigenvalue weighted by molar-refractivity contribution is 0.250.